The van der Waals surface area contributed by atoms with E-state index in [0.29, 0.717) is 5.56 Å². The number of carbonyl (C=O) groups excluding carboxylic acids is 1. The molecule has 0 fully saturated rings. The molecule has 0 aliphatic heterocycles. The third-order valence-electron chi connectivity index (χ3n) is 1.88. The van der Waals surface area contributed by atoms with E-state index in [9.17, 15) is 9.90 Å². The number of hydrogen-bond acceptors (Lipinski definition) is 2. The van der Waals surface area contributed by atoms with Crippen LogP contribution in [0.15, 0.2) is 12.1 Å². The first-order chi connectivity index (χ1) is 5.52. The second-order valence-corrected chi connectivity index (χ2v) is 3.06. The Bertz CT molecular complexity index is 309. The van der Waals surface area contributed by atoms with E-state index in [0.717, 1.165) is 16.7 Å². The molecule has 74 valence electrons. The minimum Gasteiger partial charge on any atom is -0.545 e. The third-order valence-corrected chi connectivity index (χ3v) is 1.88. The molecule has 0 atom stereocenters. The molecule has 0 saturated carbocycles. The zero-order valence-electron chi connectivity index (χ0n) is 7.77. The Balaban J connectivity index is 0.00000144. The van der Waals surface area contributed by atoms with Gasteiger partial charge in [0, 0.05) is 5.56 Å². The van der Waals surface area contributed by atoms with Gasteiger partial charge in [-0.1, -0.05) is 17.7 Å². The Kier molecular flexibility index (Phi) is 4.40. The maximum atomic E-state index is 10.6. The maximum absolute atomic E-state index is 10.6. The fourth-order valence-electron chi connectivity index (χ4n) is 1.50. The number of carboxylic acid groups (broad SMARTS) is 1. The van der Waals surface area contributed by atoms with Crippen molar-refractivity contribution >= 4 is 5.97 Å². The van der Waals surface area contributed by atoms with Crippen molar-refractivity contribution in [1.82, 2.24) is 0 Å². The molecule has 3 heteroatoms. The van der Waals surface area contributed by atoms with Crippen LogP contribution < -0.4 is 5.11 Å². The van der Waals surface area contributed by atoms with Crippen LogP contribution in [0, 0.1) is 20.8 Å². The van der Waals surface area contributed by atoms with E-state index in [-0.39, 0.29) is 22.4 Å². The van der Waals surface area contributed by atoms with E-state index >= 15 is 0 Å². The van der Waals surface area contributed by atoms with Gasteiger partial charge in [0.15, 0.2) is 0 Å². The average molecular weight is 271 g/mol. The number of aromatic carboxylic acids is 1. The Hall–Kier alpha value is -0.570. The summed E-state index contributed by atoms with van der Waals surface area (Å²) in [6, 6.07) is 3.69. The molecule has 1 rings (SSSR count). The summed E-state index contributed by atoms with van der Waals surface area (Å²) in [7, 11) is 0. The average Bonchev–Trinajstić information content (AvgIpc) is 1.82. The first-order valence-electron chi connectivity index (χ1n) is 3.81. The van der Waals surface area contributed by atoms with E-state index in [1.54, 1.807) is 13.8 Å². The van der Waals surface area contributed by atoms with Crippen molar-refractivity contribution < 1.29 is 32.3 Å². The minimum atomic E-state index is -1.09. The predicted octanol–water partition coefficient (Wildman–Crippen LogP) is 0.973. The SMILES string of the molecule is Cc1cc(C)c(C(=O)[O-])c(C)c1.[Ag+]. The van der Waals surface area contributed by atoms with Gasteiger partial charge < -0.3 is 9.90 Å². The van der Waals surface area contributed by atoms with Crippen molar-refractivity contribution in [3.63, 3.8) is 0 Å². The van der Waals surface area contributed by atoms with Crippen LogP contribution in [-0.4, -0.2) is 5.97 Å². The number of aryl methyl sites for hydroxylation is 3. The van der Waals surface area contributed by atoms with Crippen molar-refractivity contribution in [1.29, 1.82) is 0 Å². The van der Waals surface area contributed by atoms with Gasteiger partial charge in [0.2, 0.25) is 0 Å². The zero-order chi connectivity index (χ0) is 9.30. The van der Waals surface area contributed by atoms with Crippen molar-refractivity contribution in [3.8, 4) is 0 Å². The molecule has 0 saturated heterocycles. The van der Waals surface area contributed by atoms with Gasteiger partial charge in [-0.2, -0.15) is 0 Å². The number of hydrogen-bond donors (Lipinski definition) is 0. The van der Waals surface area contributed by atoms with Gasteiger partial charge in [0.05, 0.1) is 5.97 Å². The van der Waals surface area contributed by atoms with Gasteiger partial charge in [-0.15, -0.1) is 0 Å². The molecule has 13 heavy (non-hydrogen) atoms. The summed E-state index contributed by atoms with van der Waals surface area (Å²) in [4.78, 5) is 10.6. The van der Waals surface area contributed by atoms with Gasteiger partial charge in [-0.3, -0.25) is 0 Å². The second-order valence-electron chi connectivity index (χ2n) is 3.06. The molecule has 1 aromatic carbocycles. The number of carbonyl (C=O) groups is 1. The largest absolute Gasteiger partial charge is 1.00 e. The van der Waals surface area contributed by atoms with E-state index < -0.39 is 5.97 Å². The molecular weight excluding hydrogens is 260 g/mol. The fourth-order valence-corrected chi connectivity index (χ4v) is 1.50. The summed E-state index contributed by atoms with van der Waals surface area (Å²) in [5, 5.41) is 10.6. The summed E-state index contributed by atoms with van der Waals surface area (Å²) in [6.45, 7) is 5.51. The van der Waals surface area contributed by atoms with Gasteiger partial charge >= 0.3 is 22.4 Å². The van der Waals surface area contributed by atoms with Crippen LogP contribution in [0.1, 0.15) is 27.0 Å². The Labute approximate surface area is 93.5 Å². The van der Waals surface area contributed by atoms with Crippen LogP contribution in [0.4, 0.5) is 0 Å². The molecule has 0 N–H and O–H groups in total. The van der Waals surface area contributed by atoms with Crippen LogP contribution in [-0.2, 0) is 22.4 Å². The first kappa shape index (κ1) is 12.4. The van der Waals surface area contributed by atoms with E-state index in [1.165, 1.54) is 0 Å². The molecule has 0 bridgehead atoms. The molecule has 2 nitrogen and oxygen atoms in total. The molecule has 0 aromatic heterocycles. The topological polar surface area (TPSA) is 40.1 Å². The first-order valence-corrected chi connectivity index (χ1v) is 3.81. The monoisotopic (exact) mass is 270 g/mol. The van der Waals surface area contributed by atoms with Crippen molar-refractivity contribution in [2.24, 2.45) is 0 Å². The summed E-state index contributed by atoms with van der Waals surface area (Å²) in [5.41, 5.74) is 2.94. The van der Waals surface area contributed by atoms with E-state index in [1.807, 2.05) is 19.1 Å². The van der Waals surface area contributed by atoms with E-state index in [2.05, 4.69) is 0 Å². The van der Waals surface area contributed by atoms with Gasteiger partial charge in [-0.25, -0.2) is 0 Å². The molecule has 0 spiro atoms. The van der Waals surface area contributed by atoms with Crippen LogP contribution >= 0.6 is 0 Å². The van der Waals surface area contributed by atoms with Gasteiger partial charge in [0.25, 0.3) is 0 Å². The molecule has 0 heterocycles. The van der Waals surface area contributed by atoms with Crippen LogP contribution in [0.2, 0.25) is 0 Å². The van der Waals surface area contributed by atoms with E-state index in [4.69, 9.17) is 0 Å². The van der Waals surface area contributed by atoms with Crippen molar-refractivity contribution in [2.75, 3.05) is 0 Å². The van der Waals surface area contributed by atoms with Crippen LogP contribution in [0.3, 0.4) is 0 Å². The molecular formula is C10H11AgO2. The maximum Gasteiger partial charge on any atom is 1.00 e. The molecule has 0 aliphatic carbocycles. The molecule has 0 unspecified atom stereocenters. The predicted molar refractivity (Wildman–Crippen MR) is 45.0 cm³/mol. The summed E-state index contributed by atoms with van der Waals surface area (Å²) >= 11 is 0. The molecule has 0 amide bonds. The fraction of sp³-hybridized carbons (Fsp3) is 0.300. The third kappa shape index (κ3) is 2.69. The van der Waals surface area contributed by atoms with Crippen molar-refractivity contribution in [2.45, 2.75) is 20.8 Å². The van der Waals surface area contributed by atoms with Crippen LogP contribution in [0.25, 0.3) is 0 Å². The number of rotatable bonds is 1. The standard InChI is InChI=1S/C10H12O2.Ag/c1-6-4-7(2)9(10(11)12)8(3)5-6;/h4-5H,1-3H3,(H,11,12);/q;+1/p-1. The van der Waals surface area contributed by atoms with Gasteiger partial charge in [-0.05, 0) is 31.9 Å². The zero-order valence-corrected chi connectivity index (χ0v) is 9.25. The summed E-state index contributed by atoms with van der Waals surface area (Å²) in [5.74, 6) is -1.09. The van der Waals surface area contributed by atoms with Gasteiger partial charge in [0.1, 0.15) is 0 Å². The van der Waals surface area contributed by atoms with Crippen molar-refractivity contribution in [3.05, 3.63) is 34.4 Å². The Morgan fingerprint density at radius 2 is 1.54 bits per heavy atom. The summed E-state index contributed by atoms with van der Waals surface area (Å²) in [6.07, 6.45) is 0. The Morgan fingerprint density at radius 1 is 1.15 bits per heavy atom. The quantitative estimate of drug-likeness (QED) is 0.714. The van der Waals surface area contributed by atoms with Crippen LogP contribution in [0.5, 0.6) is 0 Å². The smallest absolute Gasteiger partial charge is 0.545 e. The minimum absolute atomic E-state index is 0. The Morgan fingerprint density at radius 3 is 1.85 bits per heavy atom. The molecule has 0 radical (unpaired) electrons. The number of carboxylic acids is 1. The second kappa shape index (κ2) is 4.61. The molecule has 1 aromatic rings. The normalized spacial score (nSPS) is 9.15. The summed E-state index contributed by atoms with van der Waals surface area (Å²) < 4.78 is 0. The molecule has 0 aliphatic rings. The number of benzene rings is 1.